The average Bonchev–Trinajstić information content (AvgIpc) is 2.47. The lowest BCUT2D eigenvalue weighted by Crippen LogP contribution is -2.52. The molecule has 0 aromatic heterocycles. The molecule has 1 unspecified atom stereocenters. The van der Waals surface area contributed by atoms with Crippen LogP contribution < -0.4 is 5.32 Å². The molecule has 1 fully saturated rings. The van der Waals surface area contributed by atoms with Crippen LogP contribution in [0.15, 0.2) is 12.7 Å². The molecule has 2 amide bonds. The maximum Gasteiger partial charge on any atom is 0.317 e. The predicted octanol–water partition coefficient (Wildman–Crippen LogP) is 2.58. The summed E-state index contributed by atoms with van der Waals surface area (Å²) < 4.78 is 0. The summed E-state index contributed by atoms with van der Waals surface area (Å²) in [5.41, 5.74) is -0.762. The Hall–Kier alpha value is -1.17. The van der Waals surface area contributed by atoms with E-state index in [4.69, 9.17) is 0 Å². The molecule has 1 aliphatic rings. The second kappa shape index (κ2) is 8.97. The van der Waals surface area contributed by atoms with E-state index in [9.17, 15) is 14.7 Å². The van der Waals surface area contributed by atoms with Gasteiger partial charge >= 0.3 is 12.0 Å². The number of carboxylic acid groups (broad SMARTS) is 1. The number of aliphatic carboxylic acids is 1. The van der Waals surface area contributed by atoms with E-state index in [2.05, 4.69) is 11.9 Å². The van der Waals surface area contributed by atoms with Crippen LogP contribution >= 0.6 is 11.8 Å². The molecular weight excluding hydrogens is 288 g/mol. The Morgan fingerprint density at radius 3 is 2.90 bits per heavy atom. The monoisotopic (exact) mass is 314 g/mol. The fraction of sp³-hybridized carbons (Fsp3) is 0.733. The molecule has 0 spiro atoms. The Morgan fingerprint density at radius 2 is 2.29 bits per heavy atom. The number of likely N-dealkylation sites (tertiary alicyclic amines) is 1. The Kier molecular flexibility index (Phi) is 7.64. The maximum atomic E-state index is 12.1. The minimum Gasteiger partial charge on any atom is -0.481 e. The Morgan fingerprint density at radius 1 is 1.52 bits per heavy atom. The Labute approximate surface area is 131 Å². The summed E-state index contributed by atoms with van der Waals surface area (Å²) in [5, 5.41) is 12.4. The first kappa shape index (κ1) is 17.9. The lowest BCUT2D eigenvalue weighted by molar-refractivity contribution is -0.152. The molecule has 1 atom stereocenters. The van der Waals surface area contributed by atoms with Crippen LogP contribution in [0.25, 0.3) is 0 Å². The van der Waals surface area contributed by atoms with Gasteiger partial charge in [-0.15, -0.1) is 6.58 Å². The number of hydrogen-bond donors (Lipinski definition) is 2. The highest BCUT2D eigenvalue weighted by Crippen LogP contribution is 2.35. The van der Waals surface area contributed by atoms with Crippen molar-refractivity contribution >= 4 is 23.8 Å². The van der Waals surface area contributed by atoms with E-state index in [1.165, 1.54) is 0 Å². The summed E-state index contributed by atoms with van der Waals surface area (Å²) in [6.45, 7) is 7.19. The minimum atomic E-state index is -0.775. The topological polar surface area (TPSA) is 69.6 Å². The van der Waals surface area contributed by atoms with Crippen molar-refractivity contribution in [2.24, 2.45) is 5.41 Å². The third-order valence-corrected chi connectivity index (χ3v) is 4.77. The van der Waals surface area contributed by atoms with Crippen molar-refractivity contribution < 1.29 is 14.7 Å². The van der Waals surface area contributed by atoms with Gasteiger partial charge in [0.15, 0.2) is 0 Å². The van der Waals surface area contributed by atoms with E-state index < -0.39 is 11.4 Å². The van der Waals surface area contributed by atoms with E-state index in [0.717, 1.165) is 24.3 Å². The molecule has 0 aromatic carbocycles. The molecule has 1 aliphatic heterocycles. The van der Waals surface area contributed by atoms with Gasteiger partial charge in [0.25, 0.3) is 0 Å². The number of rotatable bonds is 8. The summed E-state index contributed by atoms with van der Waals surface area (Å²) >= 11 is 1.71. The number of piperidine rings is 1. The van der Waals surface area contributed by atoms with Crippen LogP contribution in [0.3, 0.4) is 0 Å². The molecule has 0 radical (unpaired) electrons. The number of nitrogens with one attached hydrogen (secondary N) is 1. The second-order valence-corrected chi connectivity index (χ2v) is 6.61. The van der Waals surface area contributed by atoms with Crippen molar-refractivity contribution in [3.63, 3.8) is 0 Å². The molecule has 0 bridgehead atoms. The van der Waals surface area contributed by atoms with E-state index in [1.807, 2.05) is 13.0 Å². The smallest absolute Gasteiger partial charge is 0.317 e. The van der Waals surface area contributed by atoms with E-state index in [1.54, 1.807) is 16.7 Å². The van der Waals surface area contributed by atoms with Gasteiger partial charge < -0.3 is 15.3 Å². The summed E-state index contributed by atoms with van der Waals surface area (Å²) in [7, 11) is 0. The minimum absolute atomic E-state index is 0.143. The van der Waals surface area contributed by atoms with Crippen molar-refractivity contribution in [1.29, 1.82) is 0 Å². The van der Waals surface area contributed by atoms with Gasteiger partial charge in [-0.25, -0.2) is 4.79 Å². The molecule has 1 heterocycles. The molecule has 1 rings (SSSR count). The SMILES string of the molecule is C=CCSCCNC(=O)N1CCCC(CCC)(C(=O)O)C1. The first-order valence-electron chi connectivity index (χ1n) is 7.50. The third kappa shape index (κ3) is 5.26. The zero-order valence-corrected chi connectivity index (χ0v) is 13.6. The molecule has 21 heavy (non-hydrogen) atoms. The van der Waals surface area contributed by atoms with Crippen molar-refractivity contribution in [2.45, 2.75) is 32.6 Å². The van der Waals surface area contributed by atoms with Gasteiger partial charge in [0, 0.05) is 31.1 Å². The first-order valence-corrected chi connectivity index (χ1v) is 8.66. The average molecular weight is 314 g/mol. The number of hydrogen-bond acceptors (Lipinski definition) is 3. The summed E-state index contributed by atoms with van der Waals surface area (Å²) in [4.78, 5) is 25.4. The van der Waals surface area contributed by atoms with Gasteiger partial charge in [-0.2, -0.15) is 11.8 Å². The molecule has 2 N–H and O–H groups in total. The Balaban J connectivity index is 2.48. The maximum absolute atomic E-state index is 12.1. The zero-order valence-electron chi connectivity index (χ0n) is 12.8. The van der Waals surface area contributed by atoms with Crippen LogP contribution in [0.1, 0.15) is 32.6 Å². The molecule has 1 saturated heterocycles. The highest BCUT2D eigenvalue weighted by atomic mass is 32.2. The van der Waals surface area contributed by atoms with Crippen LogP contribution in [-0.2, 0) is 4.79 Å². The van der Waals surface area contributed by atoms with Crippen LogP contribution in [0.4, 0.5) is 4.79 Å². The molecule has 120 valence electrons. The van der Waals surface area contributed by atoms with Crippen LogP contribution in [-0.4, -0.2) is 53.1 Å². The zero-order chi connectivity index (χ0) is 15.7. The lowest BCUT2D eigenvalue weighted by Gasteiger charge is -2.39. The van der Waals surface area contributed by atoms with Gasteiger partial charge in [-0.3, -0.25) is 4.79 Å². The molecular formula is C15H26N2O3S. The fourth-order valence-corrected chi connectivity index (χ4v) is 3.36. The predicted molar refractivity (Wildman–Crippen MR) is 86.7 cm³/mol. The third-order valence-electron chi connectivity index (χ3n) is 3.80. The molecule has 6 heteroatoms. The lowest BCUT2D eigenvalue weighted by atomic mass is 9.76. The summed E-state index contributed by atoms with van der Waals surface area (Å²) in [6, 6.07) is -0.143. The number of urea groups is 1. The highest BCUT2D eigenvalue weighted by molar-refractivity contribution is 7.99. The number of amides is 2. The largest absolute Gasteiger partial charge is 0.481 e. The van der Waals surface area contributed by atoms with Crippen LogP contribution in [0.2, 0.25) is 0 Å². The number of carbonyl (C=O) groups is 2. The number of nitrogens with zero attached hydrogens (tertiary/aromatic N) is 1. The van der Waals surface area contributed by atoms with E-state index in [0.29, 0.717) is 32.5 Å². The number of thioether (sulfide) groups is 1. The van der Waals surface area contributed by atoms with Gasteiger partial charge in [0.05, 0.1) is 5.41 Å². The second-order valence-electron chi connectivity index (χ2n) is 5.46. The summed E-state index contributed by atoms with van der Waals surface area (Å²) in [6.07, 6.45) is 4.70. The molecule has 0 saturated carbocycles. The van der Waals surface area contributed by atoms with Crippen molar-refractivity contribution in [3.05, 3.63) is 12.7 Å². The normalized spacial score (nSPS) is 21.9. The molecule has 0 aromatic rings. The quantitative estimate of drug-likeness (QED) is 0.534. The van der Waals surface area contributed by atoms with E-state index >= 15 is 0 Å². The van der Waals surface area contributed by atoms with Crippen molar-refractivity contribution in [3.8, 4) is 0 Å². The van der Waals surface area contributed by atoms with Crippen molar-refractivity contribution in [1.82, 2.24) is 10.2 Å². The number of carboxylic acids is 1. The highest BCUT2D eigenvalue weighted by Gasteiger charge is 2.42. The van der Waals surface area contributed by atoms with Gasteiger partial charge in [0.1, 0.15) is 0 Å². The molecule has 0 aliphatic carbocycles. The van der Waals surface area contributed by atoms with Gasteiger partial charge in [-0.1, -0.05) is 19.4 Å². The Bertz CT molecular complexity index is 372. The van der Waals surface area contributed by atoms with E-state index in [-0.39, 0.29) is 6.03 Å². The standard InChI is InChI=1S/C15H26N2O3S/c1-3-6-15(13(18)19)7-5-9-17(12-15)14(20)16-8-11-21-10-4-2/h4H,2-3,5-12H2,1H3,(H,16,20)(H,18,19). The fourth-order valence-electron chi connectivity index (χ4n) is 2.78. The van der Waals surface area contributed by atoms with Crippen LogP contribution in [0.5, 0.6) is 0 Å². The van der Waals surface area contributed by atoms with Gasteiger partial charge in [-0.05, 0) is 19.3 Å². The van der Waals surface area contributed by atoms with Crippen LogP contribution in [0, 0.1) is 5.41 Å². The van der Waals surface area contributed by atoms with Gasteiger partial charge in [0.2, 0.25) is 0 Å². The number of carbonyl (C=O) groups excluding carboxylic acids is 1. The molecule has 5 nitrogen and oxygen atoms in total. The first-order chi connectivity index (χ1) is 10.1. The summed E-state index contributed by atoms with van der Waals surface area (Å²) in [5.74, 6) is 0.937. The van der Waals surface area contributed by atoms with Crippen molar-refractivity contribution in [2.75, 3.05) is 31.1 Å².